The van der Waals surface area contributed by atoms with Crippen LogP contribution in [0.2, 0.25) is 0 Å². The molecule has 258 valence electrons. The molecule has 0 aliphatic heterocycles. The van der Waals surface area contributed by atoms with Crippen molar-refractivity contribution in [1.29, 1.82) is 0 Å². The molecule has 10 nitrogen and oxygen atoms in total. The highest BCUT2D eigenvalue weighted by atomic mass is 16.2. The molecule has 0 saturated carbocycles. The second-order valence-corrected chi connectivity index (χ2v) is 13.7. The molecule has 0 bridgehead atoms. The van der Waals surface area contributed by atoms with Crippen LogP contribution in [0.5, 0.6) is 0 Å². The quantitative estimate of drug-likeness (QED) is 0.116. The Hall–Kier alpha value is -4.86. The molecular formula is C39H50N8O2. The van der Waals surface area contributed by atoms with E-state index in [-0.39, 0.29) is 17.9 Å². The second-order valence-electron chi connectivity index (χ2n) is 13.7. The first-order valence-electron chi connectivity index (χ1n) is 17.6. The van der Waals surface area contributed by atoms with Crippen LogP contribution >= 0.6 is 0 Å². The number of benzene rings is 1. The predicted octanol–water partition coefficient (Wildman–Crippen LogP) is 8.21. The van der Waals surface area contributed by atoms with Crippen molar-refractivity contribution in [3.8, 4) is 33.6 Å². The summed E-state index contributed by atoms with van der Waals surface area (Å²) >= 11 is 0. The van der Waals surface area contributed by atoms with Gasteiger partial charge in [0.25, 0.3) is 0 Å². The maximum absolute atomic E-state index is 13.0. The topological polar surface area (TPSA) is 124 Å². The number of H-pyrrole nitrogens is 2. The number of carbonyl (C=O) groups excluding carboxylic acids is 2. The number of rotatable bonds is 15. The predicted molar refractivity (Wildman–Crippen MR) is 195 cm³/mol. The molecule has 4 aromatic heterocycles. The highest BCUT2D eigenvalue weighted by molar-refractivity contribution is 5.79. The van der Waals surface area contributed by atoms with Crippen molar-refractivity contribution in [3.63, 3.8) is 0 Å². The molecule has 0 spiro atoms. The van der Waals surface area contributed by atoms with Gasteiger partial charge in [0.05, 0.1) is 35.7 Å². The van der Waals surface area contributed by atoms with Crippen LogP contribution in [-0.4, -0.2) is 64.6 Å². The molecule has 0 aliphatic carbocycles. The number of nitrogens with zero attached hydrogens (tertiary/aromatic N) is 6. The maximum atomic E-state index is 13.0. The molecule has 10 heteroatoms. The van der Waals surface area contributed by atoms with Crippen LogP contribution in [0.3, 0.4) is 0 Å². The average molecular weight is 663 g/mol. The van der Waals surface area contributed by atoms with E-state index in [4.69, 9.17) is 9.97 Å². The van der Waals surface area contributed by atoms with Crippen LogP contribution in [0.1, 0.15) is 91.8 Å². The minimum atomic E-state index is -0.177. The molecule has 0 radical (unpaired) electrons. The largest absolute Gasteiger partial charge is 0.341 e. The number of carbonyl (C=O) groups is 2. The van der Waals surface area contributed by atoms with Crippen LogP contribution in [0.15, 0.2) is 61.1 Å². The van der Waals surface area contributed by atoms with Gasteiger partial charge in [-0.3, -0.25) is 14.6 Å². The molecular weight excluding hydrogens is 612 g/mol. The van der Waals surface area contributed by atoms with E-state index in [9.17, 15) is 9.59 Å². The minimum absolute atomic E-state index is 0.147. The van der Waals surface area contributed by atoms with Gasteiger partial charge in [-0.25, -0.2) is 15.0 Å². The molecule has 0 fully saturated rings. The van der Waals surface area contributed by atoms with E-state index in [0.717, 1.165) is 70.2 Å². The third-order valence-electron chi connectivity index (χ3n) is 8.57. The summed E-state index contributed by atoms with van der Waals surface area (Å²) in [6.45, 7) is 16.3. The smallest absolute Gasteiger partial charge is 0.223 e. The average Bonchev–Trinajstić information content (AvgIpc) is 3.73. The highest BCUT2D eigenvalue weighted by Gasteiger charge is 2.24. The normalized spacial score (nSPS) is 12.2. The number of aromatic nitrogens is 6. The molecule has 1 aromatic carbocycles. The van der Waals surface area contributed by atoms with Crippen molar-refractivity contribution >= 4 is 23.0 Å². The van der Waals surface area contributed by atoms with Crippen molar-refractivity contribution in [1.82, 2.24) is 39.7 Å². The van der Waals surface area contributed by atoms with Gasteiger partial charge in [-0.15, -0.1) is 0 Å². The van der Waals surface area contributed by atoms with Crippen LogP contribution < -0.4 is 0 Å². The van der Waals surface area contributed by atoms with Crippen molar-refractivity contribution in [2.75, 3.05) is 13.1 Å². The van der Waals surface area contributed by atoms with E-state index in [1.807, 2.05) is 41.2 Å². The van der Waals surface area contributed by atoms with Crippen LogP contribution in [0, 0.1) is 11.8 Å². The van der Waals surface area contributed by atoms with Crippen LogP contribution in [0.4, 0.5) is 0 Å². The lowest BCUT2D eigenvalue weighted by Gasteiger charge is -2.28. The zero-order valence-electron chi connectivity index (χ0n) is 30.0. The number of nitrogens with one attached hydrogen (secondary N) is 2. The molecule has 5 aromatic rings. The first-order chi connectivity index (χ1) is 23.6. The summed E-state index contributed by atoms with van der Waals surface area (Å²) in [5.74, 6) is 2.46. The number of imidazole rings is 2. The van der Waals surface area contributed by atoms with E-state index in [1.165, 1.54) is 0 Å². The monoisotopic (exact) mass is 662 g/mol. The molecule has 1 unspecified atom stereocenters. The number of hydrogen-bond donors (Lipinski definition) is 2. The Morgan fingerprint density at radius 2 is 1.37 bits per heavy atom. The fourth-order valence-electron chi connectivity index (χ4n) is 6.03. The summed E-state index contributed by atoms with van der Waals surface area (Å²) in [5.41, 5.74) is 7.14. The SMILES string of the molecule is CCCN(Cc1ncc(-c2ccc(-c3ccc(-c4cnc5nc(C(C)N(CCC)C(=O)CC(C)C)[nH]c5c4)nc3)cc2)[nH]1)C(=O)CC(C)C. The lowest BCUT2D eigenvalue weighted by Crippen LogP contribution is -2.35. The summed E-state index contributed by atoms with van der Waals surface area (Å²) in [4.78, 5) is 55.0. The minimum Gasteiger partial charge on any atom is -0.341 e. The Bertz CT molecular complexity index is 1840. The molecule has 0 saturated heterocycles. The first-order valence-corrected chi connectivity index (χ1v) is 17.6. The van der Waals surface area contributed by atoms with Gasteiger partial charge in [-0.1, -0.05) is 71.9 Å². The summed E-state index contributed by atoms with van der Waals surface area (Å²) in [5, 5.41) is 0. The molecule has 2 N–H and O–H groups in total. The van der Waals surface area contributed by atoms with E-state index in [1.54, 1.807) is 6.20 Å². The number of amides is 2. The van der Waals surface area contributed by atoms with Gasteiger partial charge in [0.15, 0.2) is 5.65 Å². The van der Waals surface area contributed by atoms with E-state index >= 15 is 0 Å². The number of fused-ring (bicyclic) bond motifs is 1. The van der Waals surface area contributed by atoms with Gasteiger partial charge < -0.3 is 19.8 Å². The van der Waals surface area contributed by atoms with E-state index < -0.39 is 0 Å². The standard InChI is InChI=1S/C39H50N8O2/c1-8-16-46(36(48)18-25(3)4)24-35-41-23-34(43-35)29-12-10-28(11-13-29)30-14-15-32(40-21-30)31-20-33-39(42-22-31)45-38(44-33)27(7)47(17-9-2)37(49)19-26(5)6/h10-15,20-23,25-27H,8-9,16-19,24H2,1-7H3,(H,41,43)(H,42,44,45). The Kier molecular flexibility index (Phi) is 11.6. The summed E-state index contributed by atoms with van der Waals surface area (Å²) in [7, 11) is 0. The lowest BCUT2D eigenvalue weighted by molar-refractivity contribution is -0.134. The van der Waals surface area contributed by atoms with Gasteiger partial charge in [-0.05, 0) is 54.9 Å². The lowest BCUT2D eigenvalue weighted by atomic mass is 10.0. The molecule has 1 atom stereocenters. The Labute approximate surface area is 289 Å². The van der Waals surface area contributed by atoms with Gasteiger partial charge in [0.1, 0.15) is 11.6 Å². The number of pyridine rings is 2. The molecule has 49 heavy (non-hydrogen) atoms. The van der Waals surface area contributed by atoms with Gasteiger partial charge >= 0.3 is 0 Å². The Morgan fingerprint density at radius 3 is 2.02 bits per heavy atom. The van der Waals surface area contributed by atoms with Crippen molar-refractivity contribution in [2.24, 2.45) is 11.8 Å². The van der Waals surface area contributed by atoms with Crippen molar-refractivity contribution in [3.05, 3.63) is 72.7 Å². The fourth-order valence-corrected chi connectivity index (χ4v) is 6.03. The van der Waals surface area contributed by atoms with Crippen LogP contribution in [-0.2, 0) is 16.1 Å². The highest BCUT2D eigenvalue weighted by Crippen LogP contribution is 2.28. The molecule has 2 amide bonds. The third kappa shape index (κ3) is 8.79. The summed E-state index contributed by atoms with van der Waals surface area (Å²) < 4.78 is 0. The van der Waals surface area contributed by atoms with E-state index in [2.05, 4.69) is 91.8 Å². The fraction of sp³-hybridized carbons (Fsp3) is 0.436. The molecule has 0 aliphatic rings. The summed E-state index contributed by atoms with van der Waals surface area (Å²) in [6.07, 6.45) is 8.36. The molecule has 4 heterocycles. The Balaban J connectivity index is 1.26. The van der Waals surface area contributed by atoms with Crippen LogP contribution in [0.25, 0.3) is 44.8 Å². The summed E-state index contributed by atoms with van der Waals surface area (Å²) in [6, 6.07) is 14.2. The second kappa shape index (κ2) is 16.0. The molecule has 5 rings (SSSR count). The first kappa shape index (κ1) is 35.4. The number of hydrogen-bond acceptors (Lipinski definition) is 6. The van der Waals surface area contributed by atoms with Gasteiger partial charge in [-0.2, -0.15) is 0 Å². The van der Waals surface area contributed by atoms with Crippen molar-refractivity contribution in [2.45, 2.75) is 86.7 Å². The zero-order valence-corrected chi connectivity index (χ0v) is 30.0. The zero-order chi connectivity index (χ0) is 35.1. The van der Waals surface area contributed by atoms with Gasteiger partial charge in [0, 0.05) is 49.5 Å². The van der Waals surface area contributed by atoms with Crippen molar-refractivity contribution < 1.29 is 9.59 Å². The van der Waals surface area contributed by atoms with Gasteiger partial charge in [0.2, 0.25) is 11.8 Å². The third-order valence-corrected chi connectivity index (χ3v) is 8.57. The maximum Gasteiger partial charge on any atom is 0.223 e. The Morgan fingerprint density at radius 1 is 0.714 bits per heavy atom. The van der Waals surface area contributed by atoms with E-state index in [0.29, 0.717) is 43.4 Å². The number of aromatic amines is 2.